The van der Waals surface area contributed by atoms with Gasteiger partial charge in [-0.3, -0.25) is 9.78 Å². The monoisotopic (exact) mass is 233 g/mol. The molecule has 0 spiro atoms. The Morgan fingerprint density at radius 1 is 1.65 bits per heavy atom. The Morgan fingerprint density at radius 3 is 3.12 bits per heavy atom. The van der Waals surface area contributed by atoms with E-state index in [0.717, 1.165) is 26.1 Å². The molecule has 0 bridgehead atoms. The number of hydrogen-bond acceptors (Lipinski definition) is 3. The molecule has 1 amide bonds. The second kappa shape index (κ2) is 5.77. The Kier molecular flexibility index (Phi) is 4.09. The summed E-state index contributed by atoms with van der Waals surface area (Å²) in [6.07, 6.45) is 5.69. The van der Waals surface area contributed by atoms with Crippen LogP contribution in [0.25, 0.3) is 0 Å². The predicted molar refractivity (Wildman–Crippen MR) is 66.8 cm³/mol. The van der Waals surface area contributed by atoms with Gasteiger partial charge >= 0.3 is 0 Å². The largest absolute Gasteiger partial charge is 0.337 e. The lowest BCUT2D eigenvalue weighted by Gasteiger charge is -2.24. The number of hydrogen-bond donors (Lipinski definition) is 1. The van der Waals surface area contributed by atoms with E-state index in [2.05, 4.69) is 10.3 Å². The quantitative estimate of drug-likeness (QED) is 0.852. The van der Waals surface area contributed by atoms with Gasteiger partial charge in [-0.05, 0) is 38.4 Å². The number of aromatic nitrogens is 1. The Hall–Kier alpha value is -1.42. The zero-order chi connectivity index (χ0) is 12.1. The first-order chi connectivity index (χ1) is 8.31. The van der Waals surface area contributed by atoms with Crippen molar-refractivity contribution >= 4 is 5.91 Å². The maximum atomic E-state index is 12.2. The van der Waals surface area contributed by atoms with E-state index >= 15 is 0 Å². The summed E-state index contributed by atoms with van der Waals surface area (Å²) in [5.74, 6) is 0.0781. The molecule has 1 aliphatic rings. The molecule has 17 heavy (non-hydrogen) atoms. The number of amides is 1. The van der Waals surface area contributed by atoms with Crippen molar-refractivity contribution in [3.05, 3.63) is 30.1 Å². The minimum Gasteiger partial charge on any atom is -0.337 e. The molecule has 1 aromatic heterocycles. The topological polar surface area (TPSA) is 45.2 Å². The van der Waals surface area contributed by atoms with Crippen LogP contribution in [-0.2, 0) is 0 Å². The van der Waals surface area contributed by atoms with Crippen molar-refractivity contribution in [2.45, 2.75) is 25.8 Å². The summed E-state index contributed by atoms with van der Waals surface area (Å²) in [5, 5.41) is 3.42. The highest BCUT2D eigenvalue weighted by atomic mass is 16.2. The number of rotatable bonds is 4. The van der Waals surface area contributed by atoms with Crippen molar-refractivity contribution in [3.63, 3.8) is 0 Å². The zero-order valence-corrected chi connectivity index (χ0v) is 10.2. The van der Waals surface area contributed by atoms with Gasteiger partial charge in [0.1, 0.15) is 0 Å². The van der Waals surface area contributed by atoms with E-state index in [1.165, 1.54) is 6.42 Å². The van der Waals surface area contributed by atoms with Crippen LogP contribution in [0.15, 0.2) is 24.5 Å². The molecule has 1 fully saturated rings. The van der Waals surface area contributed by atoms with Crippen LogP contribution in [0.4, 0.5) is 0 Å². The van der Waals surface area contributed by atoms with Gasteiger partial charge < -0.3 is 10.2 Å². The number of nitrogens with zero attached hydrogens (tertiary/aromatic N) is 2. The molecule has 4 nitrogen and oxygen atoms in total. The van der Waals surface area contributed by atoms with Gasteiger partial charge in [0, 0.05) is 31.5 Å². The highest BCUT2D eigenvalue weighted by Gasteiger charge is 2.21. The predicted octanol–water partition coefficient (Wildman–Crippen LogP) is 1.30. The lowest BCUT2D eigenvalue weighted by molar-refractivity contribution is 0.0751. The van der Waals surface area contributed by atoms with Gasteiger partial charge in [0.05, 0.1) is 5.56 Å². The van der Waals surface area contributed by atoms with E-state index in [9.17, 15) is 4.79 Å². The average molecular weight is 233 g/mol. The van der Waals surface area contributed by atoms with E-state index in [0.29, 0.717) is 11.6 Å². The van der Waals surface area contributed by atoms with Crippen molar-refractivity contribution in [1.82, 2.24) is 15.2 Å². The molecule has 1 N–H and O–H groups in total. The third-order valence-corrected chi connectivity index (χ3v) is 3.18. The highest BCUT2D eigenvalue weighted by molar-refractivity contribution is 5.93. The van der Waals surface area contributed by atoms with Crippen molar-refractivity contribution in [1.29, 1.82) is 0 Å². The minimum atomic E-state index is 0.0781. The summed E-state index contributed by atoms with van der Waals surface area (Å²) in [6.45, 7) is 4.63. The Bertz CT molecular complexity index is 360. The molecule has 2 heterocycles. The number of likely N-dealkylation sites (N-methyl/N-ethyl adjacent to an activating group) is 1. The lowest BCUT2D eigenvalue weighted by atomic mass is 10.2. The summed E-state index contributed by atoms with van der Waals surface area (Å²) in [6, 6.07) is 4.07. The number of nitrogens with one attached hydrogen (secondary N) is 1. The molecule has 0 radical (unpaired) electrons. The molecule has 0 aromatic carbocycles. The van der Waals surface area contributed by atoms with E-state index < -0.39 is 0 Å². The first-order valence-corrected chi connectivity index (χ1v) is 6.24. The molecule has 0 aliphatic carbocycles. The van der Waals surface area contributed by atoms with Crippen LogP contribution < -0.4 is 5.32 Å². The number of carbonyl (C=O) groups excluding carboxylic acids is 1. The molecule has 2 rings (SSSR count). The molecule has 1 saturated heterocycles. The van der Waals surface area contributed by atoms with Crippen LogP contribution in [0.5, 0.6) is 0 Å². The standard InChI is InChI=1S/C13H19N3O/c1-2-16(10-12-6-4-8-15-12)13(17)11-5-3-7-14-9-11/h3,5,7,9,12,15H,2,4,6,8,10H2,1H3. The molecule has 4 heteroatoms. The fourth-order valence-electron chi connectivity index (χ4n) is 2.21. The Labute approximate surface area is 102 Å². The first-order valence-electron chi connectivity index (χ1n) is 6.24. The zero-order valence-electron chi connectivity index (χ0n) is 10.2. The van der Waals surface area contributed by atoms with Gasteiger partial charge in [0.25, 0.3) is 5.91 Å². The smallest absolute Gasteiger partial charge is 0.255 e. The van der Waals surface area contributed by atoms with Gasteiger partial charge in [0.2, 0.25) is 0 Å². The molecule has 1 atom stereocenters. The van der Waals surface area contributed by atoms with E-state index in [1.54, 1.807) is 18.5 Å². The molecular formula is C13H19N3O. The summed E-state index contributed by atoms with van der Waals surface area (Å²) in [5.41, 5.74) is 0.673. The van der Waals surface area contributed by atoms with E-state index in [4.69, 9.17) is 0 Å². The van der Waals surface area contributed by atoms with Crippen LogP contribution in [0.1, 0.15) is 30.1 Å². The van der Waals surface area contributed by atoms with E-state index in [1.807, 2.05) is 17.9 Å². The lowest BCUT2D eigenvalue weighted by Crippen LogP contribution is -2.41. The molecular weight excluding hydrogens is 214 g/mol. The van der Waals surface area contributed by atoms with Crippen molar-refractivity contribution in [3.8, 4) is 0 Å². The van der Waals surface area contributed by atoms with Crippen molar-refractivity contribution in [2.75, 3.05) is 19.6 Å². The Balaban J connectivity index is 2.00. The number of pyridine rings is 1. The second-order valence-electron chi connectivity index (χ2n) is 4.38. The molecule has 0 saturated carbocycles. The van der Waals surface area contributed by atoms with Crippen molar-refractivity contribution < 1.29 is 4.79 Å². The molecule has 1 unspecified atom stereocenters. The summed E-state index contributed by atoms with van der Waals surface area (Å²) >= 11 is 0. The normalized spacial score (nSPS) is 19.2. The van der Waals surface area contributed by atoms with Crippen LogP contribution in [0, 0.1) is 0 Å². The van der Waals surface area contributed by atoms with Gasteiger partial charge in [-0.2, -0.15) is 0 Å². The van der Waals surface area contributed by atoms with Gasteiger partial charge in [-0.1, -0.05) is 0 Å². The van der Waals surface area contributed by atoms with Crippen LogP contribution in [0.2, 0.25) is 0 Å². The summed E-state index contributed by atoms with van der Waals surface area (Å²) in [4.78, 5) is 18.1. The highest BCUT2D eigenvalue weighted by Crippen LogP contribution is 2.09. The van der Waals surface area contributed by atoms with Gasteiger partial charge in [-0.15, -0.1) is 0 Å². The minimum absolute atomic E-state index is 0.0781. The van der Waals surface area contributed by atoms with Crippen LogP contribution in [-0.4, -0.2) is 41.5 Å². The van der Waals surface area contributed by atoms with Crippen LogP contribution >= 0.6 is 0 Å². The molecule has 1 aromatic rings. The van der Waals surface area contributed by atoms with E-state index in [-0.39, 0.29) is 5.91 Å². The Morgan fingerprint density at radius 2 is 2.53 bits per heavy atom. The summed E-state index contributed by atoms with van der Waals surface area (Å²) in [7, 11) is 0. The van der Waals surface area contributed by atoms with Crippen molar-refractivity contribution in [2.24, 2.45) is 0 Å². The fourth-order valence-corrected chi connectivity index (χ4v) is 2.21. The average Bonchev–Trinajstić information content (AvgIpc) is 2.89. The fraction of sp³-hybridized carbons (Fsp3) is 0.538. The second-order valence-corrected chi connectivity index (χ2v) is 4.38. The third kappa shape index (κ3) is 3.03. The molecule has 92 valence electrons. The van der Waals surface area contributed by atoms with Gasteiger partial charge in [-0.25, -0.2) is 0 Å². The van der Waals surface area contributed by atoms with Crippen LogP contribution in [0.3, 0.4) is 0 Å². The van der Waals surface area contributed by atoms with Gasteiger partial charge in [0.15, 0.2) is 0 Å². The maximum absolute atomic E-state index is 12.2. The first kappa shape index (κ1) is 12.0. The third-order valence-electron chi connectivity index (χ3n) is 3.18. The summed E-state index contributed by atoms with van der Waals surface area (Å²) < 4.78 is 0. The number of carbonyl (C=O) groups is 1. The SMILES string of the molecule is CCN(CC1CCCN1)C(=O)c1cccnc1. The molecule has 1 aliphatic heterocycles. The maximum Gasteiger partial charge on any atom is 0.255 e.